The molecule has 1 saturated heterocycles. The first-order valence-electron chi connectivity index (χ1n) is 7.48. The first-order chi connectivity index (χ1) is 9.99. The lowest BCUT2D eigenvalue weighted by Gasteiger charge is -2.32. The van der Waals surface area contributed by atoms with Crippen molar-refractivity contribution in [1.82, 2.24) is 9.80 Å². The minimum Gasteiger partial charge on any atom is -0.342 e. The highest BCUT2D eigenvalue weighted by Gasteiger charge is 2.26. The molecular formula is C16H24FN3O. The van der Waals surface area contributed by atoms with Gasteiger partial charge in [0, 0.05) is 25.2 Å². The monoisotopic (exact) mass is 293 g/mol. The van der Waals surface area contributed by atoms with Crippen LogP contribution in [0.1, 0.15) is 31.4 Å². The van der Waals surface area contributed by atoms with Crippen LogP contribution in [0, 0.1) is 5.82 Å². The molecule has 1 fully saturated rings. The van der Waals surface area contributed by atoms with Gasteiger partial charge in [0.2, 0.25) is 5.91 Å². The molecule has 0 radical (unpaired) electrons. The van der Waals surface area contributed by atoms with E-state index in [1.807, 2.05) is 29.8 Å². The number of nitrogens with zero attached hydrogens (tertiary/aromatic N) is 2. The Balaban J connectivity index is 2.08. The van der Waals surface area contributed by atoms with Crippen LogP contribution in [0.4, 0.5) is 4.39 Å². The van der Waals surface area contributed by atoms with Gasteiger partial charge in [-0.05, 0) is 44.5 Å². The van der Waals surface area contributed by atoms with E-state index in [1.54, 1.807) is 6.07 Å². The van der Waals surface area contributed by atoms with E-state index in [0.717, 1.165) is 31.5 Å². The summed E-state index contributed by atoms with van der Waals surface area (Å²) in [6.45, 7) is 3.88. The number of likely N-dealkylation sites (tertiary alicyclic amines) is 1. The SMILES string of the molecule is CC(N)C(c1cccc(F)c1)N(C)CC(=O)N1CCCC1. The summed E-state index contributed by atoms with van der Waals surface area (Å²) in [4.78, 5) is 16.1. The Labute approximate surface area is 125 Å². The molecule has 1 aromatic carbocycles. The third kappa shape index (κ3) is 4.02. The average Bonchev–Trinajstić information content (AvgIpc) is 2.92. The molecule has 4 nitrogen and oxygen atoms in total. The van der Waals surface area contributed by atoms with Gasteiger partial charge in [-0.3, -0.25) is 9.69 Å². The number of benzene rings is 1. The summed E-state index contributed by atoms with van der Waals surface area (Å²) in [5, 5.41) is 0. The van der Waals surface area contributed by atoms with Crippen LogP contribution in [-0.2, 0) is 4.79 Å². The number of amides is 1. The zero-order chi connectivity index (χ0) is 15.4. The molecule has 1 aliphatic rings. The third-order valence-corrected chi connectivity index (χ3v) is 4.01. The second-order valence-electron chi connectivity index (χ2n) is 5.86. The molecule has 0 spiro atoms. The lowest BCUT2D eigenvalue weighted by molar-refractivity contribution is -0.131. The van der Waals surface area contributed by atoms with Crippen LogP contribution in [0.5, 0.6) is 0 Å². The summed E-state index contributed by atoms with van der Waals surface area (Å²) in [5.41, 5.74) is 6.87. The highest BCUT2D eigenvalue weighted by atomic mass is 19.1. The largest absolute Gasteiger partial charge is 0.342 e. The van der Waals surface area contributed by atoms with Crippen LogP contribution in [0.15, 0.2) is 24.3 Å². The van der Waals surface area contributed by atoms with Gasteiger partial charge in [-0.2, -0.15) is 0 Å². The van der Waals surface area contributed by atoms with Crippen LogP contribution >= 0.6 is 0 Å². The maximum Gasteiger partial charge on any atom is 0.236 e. The molecule has 2 unspecified atom stereocenters. The first-order valence-corrected chi connectivity index (χ1v) is 7.48. The molecule has 0 bridgehead atoms. The van der Waals surface area contributed by atoms with E-state index in [2.05, 4.69) is 0 Å². The maximum absolute atomic E-state index is 13.4. The van der Waals surface area contributed by atoms with Gasteiger partial charge in [0.05, 0.1) is 6.54 Å². The van der Waals surface area contributed by atoms with E-state index < -0.39 is 0 Å². The molecule has 1 amide bonds. The molecule has 116 valence electrons. The highest BCUT2D eigenvalue weighted by Crippen LogP contribution is 2.23. The number of carbonyl (C=O) groups excluding carboxylic acids is 1. The Morgan fingerprint density at radius 1 is 1.43 bits per heavy atom. The van der Waals surface area contributed by atoms with Crippen LogP contribution < -0.4 is 5.73 Å². The fourth-order valence-electron chi connectivity index (χ4n) is 3.03. The number of rotatable bonds is 5. The van der Waals surface area contributed by atoms with Crippen molar-refractivity contribution >= 4 is 5.91 Å². The standard InChI is InChI=1S/C16H24FN3O/c1-12(18)16(13-6-5-7-14(17)10-13)19(2)11-15(21)20-8-3-4-9-20/h5-7,10,12,16H,3-4,8-9,11,18H2,1-2H3. The van der Waals surface area contributed by atoms with Crippen LogP contribution in [0.3, 0.4) is 0 Å². The number of carbonyl (C=O) groups is 1. The third-order valence-electron chi connectivity index (χ3n) is 4.01. The van der Waals surface area contributed by atoms with Crippen molar-refractivity contribution in [3.63, 3.8) is 0 Å². The zero-order valence-corrected chi connectivity index (χ0v) is 12.8. The predicted octanol–water partition coefficient (Wildman–Crippen LogP) is 1.77. The molecule has 0 aliphatic carbocycles. The number of hydrogen-bond donors (Lipinski definition) is 1. The van der Waals surface area contributed by atoms with Crippen molar-refractivity contribution in [3.05, 3.63) is 35.6 Å². The van der Waals surface area contributed by atoms with E-state index in [4.69, 9.17) is 5.73 Å². The van der Waals surface area contributed by atoms with Gasteiger partial charge < -0.3 is 10.6 Å². The van der Waals surface area contributed by atoms with Gasteiger partial charge in [0.1, 0.15) is 5.82 Å². The normalized spacial score (nSPS) is 18.0. The molecule has 1 aliphatic heterocycles. The molecule has 2 N–H and O–H groups in total. The van der Waals surface area contributed by atoms with E-state index in [0.29, 0.717) is 6.54 Å². The lowest BCUT2D eigenvalue weighted by Crippen LogP contribution is -2.43. The van der Waals surface area contributed by atoms with Gasteiger partial charge in [-0.15, -0.1) is 0 Å². The molecule has 21 heavy (non-hydrogen) atoms. The van der Waals surface area contributed by atoms with Gasteiger partial charge in [-0.1, -0.05) is 12.1 Å². The molecule has 0 saturated carbocycles. The zero-order valence-electron chi connectivity index (χ0n) is 12.8. The van der Waals surface area contributed by atoms with Crippen molar-refractivity contribution in [2.75, 3.05) is 26.7 Å². The fraction of sp³-hybridized carbons (Fsp3) is 0.562. The van der Waals surface area contributed by atoms with Crippen molar-refractivity contribution in [2.45, 2.75) is 31.8 Å². The summed E-state index contributed by atoms with van der Waals surface area (Å²) in [5.74, 6) is -0.158. The summed E-state index contributed by atoms with van der Waals surface area (Å²) in [7, 11) is 1.87. The van der Waals surface area contributed by atoms with Crippen LogP contribution in [-0.4, -0.2) is 48.4 Å². The van der Waals surface area contributed by atoms with Crippen LogP contribution in [0.2, 0.25) is 0 Å². The minimum absolute atomic E-state index is 0.122. The predicted molar refractivity (Wildman–Crippen MR) is 81.2 cm³/mol. The Bertz CT molecular complexity index is 486. The maximum atomic E-state index is 13.4. The smallest absolute Gasteiger partial charge is 0.236 e. The summed E-state index contributed by atoms with van der Waals surface area (Å²) in [6.07, 6.45) is 2.16. The second-order valence-corrected chi connectivity index (χ2v) is 5.86. The molecule has 1 aromatic rings. The topological polar surface area (TPSA) is 49.6 Å². The quantitative estimate of drug-likeness (QED) is 0.900. The molecule has 5 heteroatoms. The molecule has 1 heterocycles. The van der Waals surface area contributed by atoms with E-state index in [1.165, 1.54) is 12.1 Å². The van der Waals surface area contributed by atoms with Gasteiger partial charge in [0.15, 0.2) is 0 Å². The molecular weight excluding hydrogens is 269 g/mol. The summed E-state index contributed by atoms with van der Waals surface area (Å²) < 4.78 is 13.4. The Hall–Kier alpha value is -1.46. The summed E-state index contributed by atoms with van der Waals surface area (Å²) >= 11 is 0. The number of likely N-dealkylation sites (N-methyl/N-ethyl adjacent to an activating group) is 1. The van der Waals surface area contributed by atoms with Crippen molar-refractivity contribution < 1.29 is 9.18 Å². The summed E-state index contributed by atoms with van der Waals surface area (Å²) in [6, 6.07) is 6.07. The molecule has 2 rings (SSSR count). The average molecular weight is 293 g/mol. The van der Waals surface area contributed by atoms with Gasteiger partial charge >= 0.3 is 0 Å². The van der Waals surface area contributed by atoms with Crippen molar-refractivity contribution in [3.8, 4) is 0 Å². The Morgan fingerprint density at radius 3 is 2.67 bits per heavy atom. The van der Waals surface area contributed by atoms with E-state index in [-0.39, 0.29) is 23.8 Å². The second kappa shape index (κ2) is 7.00. The highest BCUT2D eigenvalue weighted by molar-refractivity contribution is 5.78. The van der Waals surface area contributed by atoms with E-state index in [9.17, 15) is 9.18 Å². The van der Waals surface area contributed by atoms with Crippen molar-refractivity contribution in [1.29, 1.82) is 0 Å². The molecule has 0 aromatic heterocycles. The minimum atomic E-state index is -0.280. The Morgan fingerprint density at radius 2 is 2.10 bits per heavy atom. The number of halogens is 1. The number of hydrogen-bond acceptors (Lipinski definition) is 3. The molecule has 2 atom stereocenters. The van der Waals surface area contributed by atoms with E-state index >= 15 is 0 Å². The van der Waals surface area contributed by atoms with Gasteiger partial charge in [0.25, 0.3) is 0 Å². The Kier molecular flexibility index (Phi) is 5.31. The fourth-order valence-corrected chi connectivity index (χ4v) is 3.03. The first kappa shape index (κ1) is 15.9. The lowest BCUT2D eigenvalue weighted by atomic mass is 9.99. The van der Waals surface area contributed by atoms with Crippen LogP contribution in [0.25, 0.3) is 0 Å². The van der Waals surface area contributed by atoms with Gasteiger partial charge in [-0.25, -0.2) is 4.39 Å². The van der Waals surface area contributed by atoms with Crippen molar-refractivity contribution in [2.24, 2.45) is 5.73 Å². The number of nitrogens with two attached hydrogens (primary N) is 1.